The topological polar surface area (TPSA) is 103 Å². The van der Waals surface area contributed by atoms with E-state index < -0.39 is 5.97 Å². The summed E-state index contributed by atoms with van der Waals surface area (Å²) >= 11 is 0. The molecular weight excluding hydrogens is 392 g/mol. The first-order valence-corrected chi connectivity index (χ1v) is 10.2. The first-order valence-electron chi connectivity index (χ1n) is 10.2. The SMILES string of the molecule is Nc1nccn2c(C3CC(C(=O)O)C3)nc(-c3cccc(OCc4ccccc4)c3)c12. The number of rotatable bonds is 6. The van der Waals surface area contributed by atoms with Crippen LogP contribution in [-0.4, -0.2) is 25.4 Å². The largest absolute Gasteiger partial charge is 0.489 e. The minimum absolute atomic E-state index is 0.0849. The van der Waals surface area contributed by atoms with Crippen LogP contribution < -0.4 is 10.5 Å². The number of carboxylic acids is 1. The van der Waals surface area contributed by atoms with E-state index >= 15 is 0 Å². The monoisotopic (exact) mass is 414 g/mol. The molecule has 2 aromatic carbocycles. The van der Waals surface area contributed by atoms with Crippen molar-refractivity contribution in [1.82, 2.24) is 14.4 Å². The summed E-state index contributed by atoms with van der Waals surface area (Å²) in [6, 6.07) is 17.7. The normalized spacial score (nSPS) is 17.9. The van der Waals surface area contributed by atoms with Crippen LogP contribution in [0.3, 0.4) is 0 Å². The highest BCUT2D eigenvalue weighted by Gasteiger charge is 2.38. The van der Waals surface area contributed by atoms with Crippen molar-refractivity contribution >= 4 is 17.3 Å². The number of anilines is 1. The van der Waals surface area contributed by atoms with Crippen molar-refractivity contribution in [2.24, 2.45) is 5.92 Å². The Balaban J connectivity index is 1.48. The van der Waals surface area contributed by atoms with Crippen LogP contribution in [0.25, 0.3) is 16.8 Å². The van der Waals surface area contributed by atoms with Crippen LogP contribution in [0.2, 0.25) is 0 Å². The van der Waals surface area contributed by atoms with Crippen molar-refractivity contribution in [2.75, 3.05) is 5.73 Å². The van der Waals surface area contributed by atoms with E-state index in [2.05, 4.69) is 4.98 Å². The highest BCUT2D eigenvalue weighted by atomic mass is 16.5. The van der Waals surface area contributed by atoms with Crippen LogP contribution >= 0.6 is 0 Å². The van der Waals surface area contributed by atoms with Crippen LogP contribution in [-0.2, 0) is 11.4 Å². The van der Waals surface area contributed by atoms with Gasteiger partial charge in [-0.1, -0.05) is 42.5 Å². The molecule has 1 fully saturated rings. The predicted molar refractivity (Wildman–Crippen MR) is 117 cm³/mol. The lowest BCUT2D eigenvalue weighted by Gasteiger charge is -2.31. The molecule has 4 aromatic rings. The third-order valence-electron chi connectivity index (χ3n) is 5.82. The van der Waals surface area contributed by atoms with Crippen LogP contribution in [0, 0.1) is 5.92 Å². The Hall–Kier alpha value is -3.87. The second-order valence-corrected chi connectivity index (χ2v) is 7.86. The Morgan fingerprint density at radius 3 is 2.74 bits per heavy atom. The lowest BCUT2D eigenvalue weighted by Crippen LogP contribution is -2.29. The zero-order valence-corrected chi connectivity index (χ0v) is 16.8. The second-order valence-electron chi connectivity index (χ2n) is 7.86. The van der Waals surface area contributed by atoms with Gasteiger partial charge in [0.1, 0.15) is 35.2 Å². The molecule has 7 nitrogen and oxygen atoms in total. The van der Waals surface area contributed by atoms with Gasteiger partial charge in [-0.15, -0.1) is 0 Å². The van der Waals surface area contributed by atoms with Gasteiger partial charge in [0.2, 0.25) is 0 Å². The van der Waals surface area contributed by atoms with Gasteiger partial charge in [0.25, 0.3) is 0 Å². The number of aromatic nitrogens is 3. The molecule has 1 aliphatic carbocycles. The molecule has 0 amide bonds. The molecule has 0 bridgehead atoms. The maximum Gasteiger partial charge on any atom is 0.306 e. The Kier molecular flexibility index (Phi) is 4.78. The average Bonchev–Trinajstić information content (AvgIpc) is 3.13. The van der Waals surface area contributed by atoms with E-state index in [1.165, 1.54) is 0 Å². The van der Waals surface area contributed by atoms with Crippen molar-refractivity contribution in [1.29, 1.82) is 0 Å². The number of carboxylic acid groups (broad SMARTS) is 1. The van der Waals surface area contributed by atoms with Gasteiger partial charge in [0, 0.05) is 23.9 Å². The first kappa shape index (κ1) is 19.1. The molecule has 0 spiro atoms. The van der Waals surface area contributed by atoms with Gasteiger partial charge in [-0.2, -0.15) is 0 Å². The summed E-state index contributed by atoms with van der Waals surface area (Å²) < 4.78 is 7.92. The maximum atomic E-state index is 11.2. The maximum absolute atomic E-state index is 11.2. The molecular formula is C24H22N4O3. The molecule has 3 N–H and O–H groups in total. The fourth-order valence-electron chi connectivity index (χ4n) is 4.08. The van der Waals surface area contributed by atoms with E-state index in [-0.39, 0.29) is 11.8 Å². The third kappa shape index (κ3) is 3.59. The first-order chi connectivity index (χ1) is 15.1. The Labute approximate surface area is 179 Å². The number of fused-ring (bicyclic) bond motifs is 1. The number of aliphatic carboxylic acids is 1. The van der Waals surface area contributed by atoms with Gasteiger partial charge in [-0.3, -0.25) is 9.20 Å². The summed E-state index contributed by atoms with van der Waals surface area (Å²) in [7, 11) is 0. The fourth-order valence-corrected chi connectivity index (χ4v) is 4.08. The molecule has 31 heavy (non-hydrogen) atoms. The molecule has 156 valence electrons. The standard InChI is InChI=1S/C24H22N4O3/c25-22-21-20(16-7-4-8-19(13-16)31-14-15-5-2-1-3-6-15)27-23(28(21)10-9-26-22)17-11-18(12-17)24(29)30/h1-10,13,17-18H,11-12,14H2,(H2,25,26)(H,29,30). The zero-order valence-electron chi connectivity index (χ0n) is 16.8. The number of imidazole rings is 1. The molecule has 7 heteroatoms. The smallest absolute Gasteiger partial charge is 0.306 e. The number of nitrogens with two attached hydrogens (primary N) is 1. The van der Waals surface area contributed by atoms with Gasteiger partial charge < -0.3 is 15.6 Å². The number of ether oxygens (including phenoxy) is 1. The van der Waals surface area contributed by atoms with Gasteiger partial charge >= 0.3 is 5.97 Å². The minimum atomic E-state index is -0.748. The van der Waals surface area contributed by atoms with Crippen molar-refractivity contribution in [3.63, 3.8) is 0 Å². The van der Waals surface area contributed by atoms with Gasteiger partial charge in [0.15, 0.2) is 0 Å². The molecule has 1 saturated carbocycles. The molecule has 0 atom stereocenters. The Morgan fingerprint density at radius 2 is 1.97 bits per heavy atom. The van der Waals surface area contributed by atoms with Gasteiger partial charge in [-0.25, -0.2) is 9.97 Å². The van der Waals surface area contributed by atoms with Gasteiger partial charge in [0.05, 0.1) is 5.92 Å². The fraction of sp³-hybridized carbons (Fsp3) is 0.208. The predicted octanol–water partition coefficient (Wildman–Crippen LogP) is 4.14. The summed E-state index contributed by atoms with van der Waals surface area (Å²) in [6.45, 7) is 0.474. The summed E-state index contributed by atoms with van der Waals surface area (Å²) in [5.74, 6) is 0.979. The zero-order chi connectivity index (χ0) is 21.4. The number of hydrogen-bond donors (Lipinski definition) is 2. The van der Waals surface area contributed by atoms with E-state index in [1.54, 1.807) is 6.20 Å². The molecule has 0 unspecified atom stereocenters. The number of carbonyl (C=O) groups is 1. The van der Waals surface area contributed by atoms with Crippen LogP contribution in [0.4, 0.5) is 5.82 Å². The molecule has 0 aliphatic heterocycles. The van der Waals surface area contributed by atoms with E-state index in [0.29, 0.717) is 25.3 Å². The van der Waals surface area contributed by atoms with E-state index in [0.717, 1.165) is 33.9 Å². The molecule has 1 aliphatic rings. The van der Waals surface area contributed by atoms with Crippen molar-refractivity contribution in [3.8, 4) is 17.0 Å². The number of hydrogen-bond acceptors (Lipinski definition) is 5. The quantitative estimate of drug-likeness (QED) is 0.492. The van der Waals surface area contributed by atoms with Crippen LogP contribution in [0.1, 0.15) is 30.1 Å². The van der Waals surface area contributed by atoms with Gasteiger partial charge in [-0.05, 0) is 30.5 Å². The molecule has 0 saturated heterocycles. The summed E-state index contributed by atoms with van der Waals surface area (Å²) in [6.07, 6.45) is 4.64. The third-order valence-corrected chi connectivity index (χ3v) is 5.82. The summed E-state index contributed by atoms with van der Waals surface area (Å²) in [4.78, 5) is 20.4. The van der Waals surface area contributed by atoms with Crippen molar-refractivity contribution < 1.29 is 14.6 Å². The number of nitrogen functional groups attached to an aromatic ring is 1. The van der Waals surface area contributed by atoms with E-state index in [9.17, 15) is 9.90 Å². The van der Waals surface area contributed by atoms with Crippen LogP contribution in [0.15, 0.2) is 67.0 Å². The van der Waals surface area contributed by atoms with Crippen LogP contribution in [0.5, 0.6) is 5.75 Å². The Bertz CT molecular complexity index is 1250. The molecule has 5 rings (SSSR count). The molecule has 2 heterocycles. The lowest BCUT2D eigenvalue weighted by atomic mass is 9.74. The van der Waals surface area contributed by atoms with Crippen molar-refractivity contribution in [2.45, 2.75) is 25.4 Å². The summed E-state index contributed by atoms with van der Waals surface area (Å²) in [5, 5.41) is 9.23. The highest BCUT2D eigenvalue weighted by Crippen LogP contribution is 2.43. The second kappa shape index (κ2) is 7.75. The average molecular weight is 414 g/mol. The Morgan fingerprint density at radius 1 is 1.16 bits per heavy atom. The van der Waals surface area contributed by atoms with E-state index in [4.69, 9.17) is 15.5 Å². The number of nitrogens with zero attached hydrogens (tertiary/aromatic N) is 3. The summed E-state index contributed by atoms with van der Waals surface area (Å²) in [5.41, 5.74) is 9.65. The van der Waals surface area contributed by atoms with Crippen molar-refractivity contribution in [3.05, 3.63) is 78.4 Å². The lowest BCUT2D eigenvalue weighted by molar-refractivity contribution is -0.145. The van der Waals surface area contributed by atoms with E-state index in [1.807, 2.05) is 65.2 Å². The number of benzene rings is 2. The minimum Gasteiger partial charge on any atom is -0.489 e. The highest BCUT2D eigenvalue weighted by molar-refractivity contribution is 5.86. The molecule has 0 radical (unpaired) electrons. The molecule has 2 aromatic heterocycles.